The van der Waals surface area contributed by atoms with Gasteiger partial charge in [-0.2, -0.15) is 0 Å². The summed E-state index contributed by atoms with van der Waals surface area (Å²) in [5, 5.41) is -0.160. The van der Waals surface area contributed by atoms with Crippen LogP contribution in [0.5, 0.6) is 0 Å². The molecule has 7 heavy (non-hydrogen) atoms. The Hall–Kier alpha value is -0.0400. The van der Waals surface area contributed by atoms with Gasteiger partial charge in [-0.25, -0.2) is 0 Å². The minimum Gasteiger partial charge on any atom is -0.281 e. The Bertz CT molecular complexity index is 100. The van der Waals surface area contributed by atoms with Crippen molar-refractivity contribution in [3.63, 3.8) is 0 Å². The van der Waals surface area contributed by atoms with Crippen molar-refractivity contribution >= 4 is 16.8 Å². The van der Waals surface area contributed by atoms with Crippen molar-refractivity contribution in [3.8, 4) is 0 Å². The highest BCUT2D eigenvalue weighted by molar-refractivity contribution is 6.64. The van der Waals surface area contributed by atoms with E-state index in [1.54, 1.807) is 0 Å². The second kappa shape index (κ2) is 1.48. The molecule has 0 aliphatic heterocycles. The van der Waals surface area contributed by atoms with Crippen LogP contribution in [0.15, 0.2) is 0 Å². The zero-order valence-electron chi connectivity index (χ0n) is 4.15. The molecule has 2 atom stereocenters. The molecule has 0 N–H and O–H groups in total. The Kier molecular flexibility index (Phi) is 1.08. The van der Waals surface area contributed by atoms with E-state index in [2.05, 4.69) is 0 Å². The number of carbonyl (C=O) groups is 1. The van der Waals surface area contributed by atoms with Crippen LogP contribution in [-0.4, -0.2) is 5.24 Å². The molecule has 0 bridgehead atoms. The molecule has 1 saturated carbocycles. The molecular weight excluding hydrogens is 112 g/mol. The van der Waals surface area contributed by atoms with Gasteiger partial charge in [-0.3, -0.25) is 4.79 Å². The Morgan fingerprint density at radius 1 is 1.86 bits per heavy atom. The van der Waals surface area contributed by atoms with Crippen molar-refractivity contribution in [2.75, 3.05) is 0 Å². The predicted molar refractivity (Wildman–Crippen MR) is 28.1 cm³/mol. The van der Waals surface area contributed by atoms with E-state index in [4.69, 9.17) is 11.6 Å². The maximum Gasteiger partial charge on any atom is 0.224 e. The fourth-order valence-electron chi connectivity index (χ4n) is 0.638. The van der Waals surface area contributed by atoms with E-state index in [0.717, 1.165) is 6.42 Å². The lowest BCUT2D eigenvalue weighted by Gasteiger charge is -1.77. The van der Waals surface area contributed by atoms with Crippen molar-refractivity contribution in [1.29, 1.82) is 0 Å². The molecule has 1 aliphatic rings. The molecular formula is C5H7ClO. The molecule has 2 heteroatoms. The SMILES string of the molecule is CC1CC1C(=O)Cl. The molecule has 1 rings (SSSR count). The quantitative estimate of drug-likeness (QED) is 0.476. The first-order valence-electron chi connectivity index (χ1n) is 2.41. The fraction of sp³-hybridized carbons (Fsp3) is 0.800. The van der Waals surface area contributed by atoms with Crippen LogP contribution in [-0.2, 0) is 4.79 Å². The number of rotatable bonds is 1. The Labute approximate surface area is 47.7 Å². The van der Waals surface area contributed by atoms with Crippen LogP contribution in [0.2, 0.25) is 0 Å². The lowest BCUT2D eigenvalue weighted by Crippen LogP contribution is -1.87. The van der Waals surface area contributed by atoms with Gasteiger partial charge in [0, 0.05) is 5.92 Å². The van der Waals surface area contributed by atoms with Gasteiger partial charge in [0.1, 0.15) is 0 Å². The van der Waals surface area contributed by atoms with Crippen molar-refractivity contribution in [2.45, 2.75) is 13.3 Å². The minimum atomic E-state index is -0.160. The highest BCUT2D eigenvalue weighted by Gasteiger charge is 2.37. The van der Waals surface area contributed by atoms with Gasteiger partial charge in [0.25, 0.3) is 0 Å². The lowest BCUT2D eigenvalue weighted by molar-refractivity contribution is -0.112. The number of hydrogen-bond donors (Lipinski definition) is 0. The summed E-state index contributed by atoms with van der Waals surface area (Å²) in [4.78, 5) is 10.2. The van der Waals surface area contributed by atoms with Gasteiger partial charge in [-0.15, -0.1) is 0 Å². The second-order valence-corrected chi connectivity index (χ2v) is 2.50. The topological polar surface area (TPSA) is 17.1 Å². The fourth-order valence-corrected chi connectivity index (χ4v) is 0.942. The maximum absolute atomic E-state index is 10.2. The van der Waals surface area contributed by atoms with E-state index in [1.165, 1.54) is 0 Å². The standard InChI is InChI=1S/C5H7ClO/c1-3-2-4(3)5(6)7/h3-4H,2H2,1H3. The first-order chi connectivity index (χ1) is 3.22. The molecule has 0 aromatic heterocycles. The van der Waals surface area contributed by atoms with E-state index in [9.17, 15) is 4.79 Å². The van der Waals surface area contributed by atoms with Gasteiger partial charge in [0.15, 0.2) is 0 Å². The molecule has 0 aromatic rings. The van der Waals surface area contributed by atoms with Crippen molar-refractivity contribution in [2.24, 2.45) is 11.8 Å². The van der Waals surface area contributed by atoms with Gasteiger partial charge in [-0.05, 0) is 23.9 Å². The van der Waals surface area contributed by atoms with Crippen LogP contribution in [0.4, 0.5) is 0 Å². The van der Waals surface area contributed by atoms with E-state index in [1.807, 2.05) is 6.92 Å². The van der Waals surface area contributed by atoms with Crippen LogP contribution in [0.25, 0.3) is 0 Å². The first-order valence-corrected chi connectivity index (χ1v) is 2.79. The van der Waals surface area contributed by atoms with Gasteiger partial charge in [0.2, 0.25) is 5.24 Å². The summed E-state index contributed by atoms with van der Waals surface area (Å²) < 4.78 is 0. The Morgan fingerprint density at radius 2 is 2.29 bits per heavy atom. The van der Waals surface area contributed by atoms with E-state index in [0.29, 0.717) is 5.92 Å². The number of carbonyl (C=O) groups excluding carboxylic acids is 1. The monoisotopic (exact) mass is 118 g/mol. The minimum absolute atomic E-state index is 0.160. The van der Waals surface area contributed by atoms with Gasteiger partial charge in [0.05, 0.1) is 0 Å². The molecule has 2 unspecified atom stereocenters. The van der Waals surface area contributed by atoms with Crippen molar-refractivity contribution in [3.05, 3.63) is 0 Å². The van der Waals surface area contributed by atoms with Crippen LogP contribution in [0.3, 0.4) is 0 Å². The maximum atomic E-state index is 10.2. The van der Waals surface area contributed by atoms with Crippen LogP contribution in [0.1, 0.15) is 13.3 Å². The van der Waals surface area contributed by atoms with Crippen molar-refractivity contribution in [1.82, 2.24) is 0 Å². The third-order valence-corrected chi connectivity index (χ3v) is 1.68. The molecule has 0 spiro atoms. The summed E-state index contributed by atoms with van der Waals surface area (Å²) >= 11 is 5.13. The summed E-state index contributed by atoms with van der Waals surface area (Å²) in [5.74, 6) is 0.756. The van der Waals surface area contributed by atoms with Gasteiger partial charge in [-0.1, -0.05) is 6.92 Å². The van der Waals surface area contributed by atoms with Gasteiger partial charge >= 0.3 is 0 Å². The Balaban J connectivity index is 2.33. The average molecular weight is 119 g/mol. The zero-order valence-corrected chi connectivity index (χ0v) is 4.90. The first kappa shape index (κ1) is 5.10. The number of hydrogen-bond acceptors (Lipinski definition) is 1. The van der Waals surface area contributed by atoms with Crippen LogP contribution >= 0.6 is 11.6 Å². The molecule has 1 nitrogen and oxygen atoms in total. The smallest absolute Gasteiger partial charge is 0.224 e. The average Bonchev–Trinajstić information content (AvgIpc) is 2.17. The second-order valence-electron chi connectivity index (χ2n) is 2.12. The molecule has 1 aliphatic carbocycles. The third-order valence-electron chi connectivity index (χ3n) is 1.40. The normalized spacial score (nSPS) is 38.0. The lowest BCUT2D eigenvalue weighted by atomic mass is 10.4. The molecule has 0 saturated heterocycles. The highest BCUT2D eigenvalue weighted by Crippen LogP contribution is 2.39. The van der Waals surface area contributed by atoms with E-state index >= 15 is 0 Å². The molecule has 0 aromatic carbocycles. The summed E-state index contributed by atoms with van der Waals surface area (Å²) in [6.45, 7) is 2.03. The van der Waals surface area contributed by atoms with E-state index in [-0.39, 0.29) is 11.2 Å². The van der Waals surface area contributed by atoms with Crippen molar-refractivity contribution < 1.29 is 4.79 Å². The predicted octanol–water partition coefficient (Wildman–Crippen LogP) is 1.41. The molecule has 0 amide bonds. The summed E-state index contributed by atoms with van der Waals surface area (Å²) in [5.41, 5.74) is 0. The molecule has 0 radical (unpaired) electrons. The summed E-state index contributed by atoms with van der Waals surface area (Å²) in [6.07, 6.45) is 1.00. The molecule has 0 heterocycles. The molecule has 1 fully saturated rings. The third kappa shape index (κ3) is 0.942. The van der Waals surface area contributed by atoms with Gasteiger partial charge < -0.3 is 0 Å². The van der Waals surface area contributed by atoms with E-state index < -0.39 is 0 Å². The largest absolute Gasteiger partial charge is 0.281 e. The van der Waals surface area contributed by atoms with Crippen LogP contribution < -0.4 is 0 Å². The summed E-state index contributed by atoms with van der Waals surface area (Å²) in [7, 11) is 0. The highest BCUT2D eigenvalue weighted by atomic mass is 35.5. The summed E-state index contributed by atoms with van der Waals surface area (Å²) in [6, 6.07) is 0. The zero-order chi connectivity index (χ0) is 5.44. The number of halogens is 1. The molecule has 40 valence electrons. The Morgan fingerprint density at radius 3 is 2.29 bits per heavy atom. The van der Waals surface area contributed by atoms with Crippen LogP contribution in [0, 0.1) is 11.8 Å².